The third-order valence-electron chi connectivity index (χ3n) is 3.20. The quantitative estimate of drug-likeness (QED) is 0.771. The van der Waals surface area contributed by atoms with Gasteiger partial charge in [0.25, 0.3) is 0 Å². The number of anilines is 1. The number of benzene rings is 1. The Bertz CT molecular complexity index is 781. The zero-order chi connectivity index (χ0) is 14.1. The van der Waals surface area contributed by atoms with Gasteiger partial charge in [-0.25, -0.2) is 9.97 Å². The molecule has 100 valence electrons. The van der Waals surface area contributed by atoms with Gasteiger partial charge in [0.05, 0.1) is 5.52 Å². The normalized spacial score (nSPS) is 10.8. The number of aromatic nitrogens is 3. The lowest BCUT2D eigenvalue weighted by atomic mass is 10.1. The SMILES string of the molecule is CNc1cc(C)nc(-c2cc(C)nc3ccccc23)n1. The third kappa shape index (κ3) is 2.20. The second-order valence-electron chi connectivity index (χ2n) is 4.80. The van der Waals surface area contributed by atoms with E-state index in [0.717, 1.165) is 39.5 Å². The summed E-state index contributed by atoms with van der Waals surface area (Å²) in [5.41, 5.74) is 3.90. The molecule has 0 aliphatic rings. The molecule has 1 aromatic carbocycles. The zero-order valence-corrected chi connectivity index (χ0v) is 11.8. The predicted molar refractivity (Wildman–Crippen MR) is 81.8 cm³/mol. The summed E-state index contributed by atoms with van der Waals surface area (Å²) in [6, 6.07) is 12.0. The maximum Gasteiger partial charge on any atom is 0.162 e. The second kappa shape index (κ2) is 4.89. The van der Waals surface area contributed by atoms with Crippen LogP contribution in [0.2, 0.25) is 0 Å². The van der Waals surface area contributed by atoms with Crippen molar-refractivity contribution in [3.63, 3.8) is 0 Å². The molecule has 0 saturated carbocycles. The van der Waals surface area contributed by atoms with Crippen LogP contribution in [0.15, 0.2) is 36.4 Å². The molecule has 0 aliphatic heterocycles. The average molecular weight is 264 g/mol. The van der Waals surface area contributed by atoms with Crippen LogP contribution in [0.25, 0.3) is 22.3 Å². The number of nitrogens with one attached hydrogen (secondary N) is 1. The largest absolute Gasteiger partial charge is 0.373 e. The van der Waals surface area contributed by atoms with Crippen molar-refractivity contribution >= 4 is 16.7 Å². The molecule has 2 aromatic heterocycles. The Morgan fingerprint density at radius 3 is 2.45 bits per heavy atom. The lowest BCUT2D eigenvalue weighted by molar-refractivity contribution is 1.11. The molecular weight excluding hydrogens is 248 g/mol. The van der Waals surface area contributed by atoms with Crippen LogP contribution < -0.4 is 5.32 Å². The number of nitrogens with zero attached hydrogens (tertiary/aromatic N) is 3. The summed E-state index contributed by atoms with van der Waals surface area (Å²) in [6.07, 6.45) is 0. The molecule has 0 unspecified atom stereocenters. The lowest BCUT2D eigenvalue weighted by Crippen LogP contribution is -1.99. The molecule has 4 nitrogen and oxygen atoms in total. The van der Waals surface area contributed by atoms with Crippen molar-refractivity contribution in [1.29, 1.82) is 0 Å². The van der Waals surface area contributed by atoms with E-state index in [0.29, 0.717) is 0 Å². The minimum absolute atomic E-state index is 0.732. The highest BCUT2D eigenvalue weighted by Gasteiger charge is 2.10. The smallest absolute Gasteiger partial charge is 0.162 e. The fourth-order valence-corrected chi connectivity index (χ4v) is 2.31. The summed E-state index contributed by atoms with van der Waals surface area (Å²) in [5.74, 6) is 1.56. The van der Waals surface area contributed by atoms with E-state index < -0.39 is 0 Å². The van der Waals surface area contributed by atoms with Gasteiger partial charge in [-0.3, -0.25) is 4.98 Å². The number of para-hydroxylation sites is 1. The van der Waals surface area contributed by atoms with Crippen molar-refractivity contribution in [2.24, 2.45) is 0 Å². The molecule has 0 radical (unpaired) electrons. The zero-order valence-electron chi connectivity index (χ0n) is 11.8. The molecule has 20 heavy (non-hydrogen) atoms. The van der Waals surface area contributed by atoms with Gasteiger partial charge in [0.1, 0.15) is 5.82 Å². The highest BCUT2D eigenvalue weighted by molar-refractivity contribution is 5.93. The second-order valence-corrected chi connectivity index (χ2v) is 4.80. The van der Waals surface area contributed by atoms with Gasteiger partial charge in [-0.1, -0.05) is 18.2 Å². The maximum absolute atomic E-state index is 4.56. The molecule has 3 aromatic rings. The van der Waals surface area contributed by atoms with E-state index in [4.69, 9.17) is 0 Å². The Balaban J connectivity index is 2.31. The van der Waals surface area contributed by atoms with E-state index in [2.05, 4.69) is 26.3 Å². The highest BCUT2D eigenvalue weighted by Crippen LogP contribution is 2.27. The number of rotatable bonds is 2. The van der Waals surface area contributed by atoms with Crippen LogP contribution in [0.1, 0.15) is 11.4 Å². The van der Waals surface area contributed by atoms with Crippen LogP contribution in [0.5, 0.6) is 0 Å². The van der Waals surface area contributed by atoms with Crippen LogP contribution in [0.3, 0.4) is 0 Å². The van der Waals surface area contributed by atoms with Gasteiger partial charge in [0.2, 0.25) is 0 Å². The highest BCUT2D eigenvalue weighted by atomic mass is 15.0. The average Bonchev–Trinajstić information content (AvgIpc) is 2.45. The van der Waals surface area contributed by atoms with Gasteiger partial charge in [-0.05, 0) is 26.0 Å². The molecule has 4 heteroatoms. The monoisotopic (exact) mass is 264 g/mol. The van der Waals surface area contributed by atoms with Gasteiger partial charge in [-0.15, -0.1) is 0 Å². The molecule has 0 amide bonds. The summed E-state index contributed by atoms with van der Waals surface area (Å²) in [7, 11) is 1.86. The summed E-state index contributed by atoms with van der Waals surface area (Å²) in [4.78, 5) is 13.7. The summed E-state index contributed by atoms with van der Waals surface area (Å²) >= 11 is 0. The van der Waals surface area contributed by atoms with Crippen LogP contribution in [-0.2, 0) is 0 Å². The van der Waals surface area contributed by atoms with Gasteiger partial charge >= 0.3 is 0 Å². The Hall–Kier alpha value is -2.49. The van der Waals surface area contributed by atoms with E-state index in [1.165, 1.54) is 0 Å². The first-order valence-electron chi connectivity index (χ1n) is 6.57. The molecule has 0 fully saturated rings. The Morgan fingerprint density at radius 1 is 0.900 bits per heavy atom. The van der Waals surface area contributed by atoms with E-state index in [9.17, 15) is 0 Å². The van der Waals surface area contributed by atoms with Crippen molar-refractivity contribution in [3.8, 4) is 11.4 Å². The van der Waals surface area contributed by atoms with Gasteiger partial charge in [-0.2, -0.15) is 0 Å². The molecule has 0 aliphatic carbocycles. The number of pyridine rings is 1. The Labute approximate surface area is 117 Å². The summed E-state index contributed by atoms with van der Waals surface area (Å²) in [5, 5.41) is 4.15. The molecular formula is C16H16N4. The molecule has 1 N–H and O–H groups in total. The fraction of sp³-hybridized carbons (Fsp3) is 0.188. The van der Waals surface area contributed by atoms with E-state index in [1.807, 2.05) is 51.2 Å². The summed E-state index contributed by atoms with van der Waals surface area (Å²) < 4.78 is 0. The van der Waals surface area contributed by atoms with Crippen molar-refractivity contribution in [2.45, 2.75) is 13.8 Å². The van der Waals surface area contributed by atoms with Gasteiger partial charge < -0.3 is 5.32 Å². The minimum atomic E-state index is 0.732. The Kier molecular flexibility index (Phi) is 3.06. The maximum atomic E-state index is 4.56. The number of aryl methyl sites for hydroxylation is 2. The number of fused-ring (bicyclic) bond motifs is 1. The lowest BCUT2D eigenvalue weighted by Gasteiger charge is -2.09. The molecule has 0 bridgehead atoms. The Morgan fingerprint density at radius 2 is 1.65 bits per heavy atom. The van der Waals surface area contributed by atoms with Crippen molar-refractivity contribution in [1.82, 2.24) is 15.0 Å². The van der Waals surface area contributed by atoms with E-state index >= 15 is 0 Å². The van der Waals surface area contributed by atoms with E-state index in [-0.39, 0.29) is 0 Å². The van der Waals surface area contributed by atoms with Crippen LogP contribution in [0, 0.1) is 13.8 Å². The molecule has 0 spiro atoms. The topological polar surface area (TPSA) is 50.7 Å². The minimum Gasteiger partial charge on any atom is -0.373 e. The first kappa shape index (κ1) is 12.5. The fourth-order valence-electron chi connectivity index (χ4n) is 2.31. The number of hydrogen-bond acceptors (Lipinski definition) is 4. The molecule has 0 saturated heterocycles. The first-order chi connectivity index (χ1) is 9.67. The molecule has 3 rings (SSSR count). The predicted octanol–water partition coefficient (Wildman–Crippen LogP) is 3.35. The van der Waals surface area contributed by atoms with Crippen LogP contribution in [0.4, 0.5) is 5.82 Å². The van der Waals surface area contributed by atoms with Crippen LogP contribution >= 0.6 is 0 Å². The molecule has 0 atom stereocenters. The number of hydrogen-bond donors (Lipinski definition) is 1. The van der Waals surface area contributed by atoms with Crippen molar-refractivity contribution in [3.05, 3.63) is 47.8 Å². The van der Waals surface area contributed by atoms with Gasteiger partial charge in [0, 0.05) is 35.5 Å². The molecule has 2 heterocycles. The van der Waals surface area contributed by atoms with Gasteiger partial charge in [0.15, 0.2) is 5.82 Å². The van der Waals surface area contributed by atoms with Crippen molar-refractivity contribution in [2.75, 3.05) is 12.4 Å². The standard InChI is InChI=1S/C16H16N4/c1-10-8-13(12-6-4-5-7-14(12)18-10)16-19-11(2)9-15(17-3)20-16/h4-9H,1-3H3,(H,17,19,20). The van der Waals surface area contributed by atoms with E-state index in [1.54, 1.807) is 0 Å². The van der Waals surface area contributed by atoms with Crippen LogP contribution in [-0.4, -0.2) is 22.0 Å². The van der Waals surface area contributed by atoms with Crippen molar-refractivity contribution < 1.29 is 0 Å². The third-order valence-corrected chi connectivity index (χ3v) is 3.20. The summed E-state index contributed by atoms with van der Waals surface area (Å²) in [6.45, 7) is 3.97. The first-order valence-corrected chi connectivity index (χ1v) is 6.57.